The predicted octanol–water partition coefficient (Wildman–Crippen LogP) is -0.236. The highest BCUT2D eigenvalue weighted by atomic mass is 19.4. The number of halogens is 3. The minimum Gasteiger partial charge on any atom is -0.323 e. The Kier molecular flexibility index (Phi) is 1.82. The molecule has 0 spiro atoms. The molecule has 1 aromatic heterocycles. The fourth-order valence-electron chi connectivity index (χ4n) is 0.695. The molecule has 0 radical (unpaired) electrons. The summed E-state index contributed by atoms with van der Waals surface area (Å²) in [5.74, 6) is -1.30. The SMILES string of the molecule is CNn1c(C(F)(F)F)n[nH]c1=O. The maximum absolute atomic E-state index is 12.0. The van der Waals surface area contributed by atoms with Crippen LogP contribution in [0.25, 0.3) is 0 Å². The van der Waals surface area contributed by atoms with E-state index < -0.39 is 17.7 Å². The van der Waals surface area contributed by atoms with E-state index in [1.807, 2.05) is 5.43 Å². The molecule has 0 fully saturated rings. The summed E-state index contributed by atoms with van der Waals surface area (Å²) in [4.78, 5) is 10.6. The standard InChI is InChI=1S/C4H5F3N4O/c1-8-11-2(4(5,6)7)9-10-3(11)12/h8H,1H3,(H,10,12). The first-order valence-corrected chi connectivity index (χ1v) is 2.89. The van der Waals surface area contributed by atoms with E-state index in [0.29, 0.717) is 0 Å². The van der Waals surface area contributed by atoms with Gasteiger partial charge < -0.3 is 5.43 Å². The monoisotopic (exact) mass is 182 g/mol. The van der Waals surface area contributed by atoms with Gasteiger partial charge in [-0.15, -0.1) is 5.10 Å². The molecule has 8 heteroatoms. The molecule has 1 heterocycles. The molecular weight excluding hydrogens is 177 g/mol. The van der Waals surface area contributed by atoms with Crippen LogP contribution in [0.3, 0.4) is 0 Å². The van der Waals surface area contributed by atoms with Gasteiger partial charge in [0.05, 0.1) is 0 Å². The quantitative estimate of drug-likeness (QED) is 0.630. The van der Waals surface area contributed by atoms with Crippen LogP contribution >= 0.6 is 0 Å². The number of hydrogen-bond acceptors (Lipinski definition) is 3. The highest BCUT2D eigenvalue weighted by molar-refractivity contribution is 4.93. The van der Waals surface area contributed by atoms with Crippen LogP contribution in [0, 0.1) is 0 Å². The van der Waals surface area contributed by atoms with Crippen molar-refractivity contribution in [2.75, 3.05) is 12.5 Å². The normalized spacial score (nSPS) is 11.7. The van der Waals surface area contributed by atoms with Gasteiger partial charge in [-0.1, -0.05) is 0 Å². The molecule has 0 amide bonds. The Balaban J connectivity index is 3.26. The van der Waals surface area contributed by atoms with Gasteiger partial charge in [-0.05, 0) is 0 Å². The molecule has 1 rings (SSSR count). The third kappa shape index (κ3) is 1.27. The lowest BCUT2D eigenvalue weighted by Crippen LogP contribution is -2.29. The molecule has 2 N–H and O–H groups in total. The summed E-state index contributed by atoms with van der Waals surface area (Å²) in [7, 11) is 1.19. The van der Waals surface area contributed by atoms with Crippen LogP contribution in [0.5, 0.6) is 0 Å². The minimum absolute atomic E-state index is 0.278. The lowest BCUT2D eigenvalue weighted by Gasteiger charge is -2.05. The minimum atomic E-state index is -4.64. The van der Waals surface area contributed by atoms with E-state index in [1.54, 1.807) is 5.10 Å². The smallest absolute Gasteiger partial charge is 0.323 e. The maximum atomic E-state index is 12.0. The second-order valence-electron chi connectivity index (χ2n) is 1.91. The Morgan fingerprint density at radius 3 is 2.50 bits per heavy atom. The Morgan fingerprint density at radius 2 is 2.17 bits per heavy atom. The summed E-state index contributed by atoms with van der Waals surface area (Å²) >= 11 is 0. The van der Waals surface area contributed by atoms with Crippen LogP contribution < -0.4 is 11.1 Å². The molecule has 0 aliphatic heterocycles. The van der Waals surface area contributed by atoms with Gasteiger partial charge in [-0.25, -0.2) is 9.89 Å². The zero-order valence-corrected chi connectivity index (χ0v) is 5.94. The van der Waals surface area contributed by atoms with E-state index in [-0.39, 0.29) is 4.68 Å². The fourth-order valence-corrected chi connectivity index (χ4v) is 0.695. The number of nitrogens with one attached hydrogen (secondary N) is 2. The van der Waals surface area contributed by atoms with Crippen LogP contribution in [0.2, 0.25) is 0 Å². The molecule has 1 aromatic rings. The predicted molar refractivity (Wildman–Crippen MR) is 33.1 cm³/mol. The largest absolute Gasteiger partial charge is 0.453 e. The third-order valence-electron chi connectivity index (χ3n) is 1.15. The van der Waals surface area contributed by atoms with Crippen molar-refractivity contribution in [2.45, 2.75) is 6.18 Å². The maximum Gasteiger partial charge on any atom is 0.453 e. The zero-order valence-electron chi connectivity index (χ0n) is 5.94. The first-order chi connectivity index (χ1) is 5.46. The van der Waals surface area contributed by atoms with Crippen LogP contribution in [0.15, 0.2) is 4.79 Å². The number of H-pyrrole nitrogens is 1. The van der Waals surface area contributed by atoms with Gasteiger partial charge in [0, 0.05) is 7.05 Å². The summed E-state index contributed by atoms with van der Waals surface area (Å²) < 4.78 is 36.2. The van der Waals surface area contributed by atoms with Crippen molar-refractivity contribution in [3.63, 3.8) is 0 Å². The molecular formula is C4H5F3N4O. The number of aromatic nitrogens is 3. The molecule has 5 nitrogen and oxygen atoms in total. The molecule has 12 heavy (non-hydrogen) atoms. The lowest BCUT2D eigenvalue weighted by atomic mass is 10.6. The van der Waals surface area contributed by atoms with Crippen LogP contribution in [0.4, 0.5) is 13.2 Å². The summed E-state index contributed by atoms with van der Waals surface area (Å²) in [6.45, 7) is 0. The molecule has 68 valence electrons. The van der Waals surface area contributed by atoms with Gasteiger partial charge in [0.2, 0.25) is 0 Å². The van der Waals surface area contributed by atoms with Gasteiger partial charge in [0.25, 0.3) is 5.82 Å². The van der Waals surface area contributed by atoms with E-state index in [4.69, 9.17) is 0 Å². The van der Waals surface area contributed by atoms with Crippen molar-refractivity contribution in [1.29, 1.82) is 0 Å². The van der Waals surface area contributed by atoms with Crippen molar-refractivity contribution in [3.8, 4) is 0 Å². The first kappa shape index (κ1) is 8.62. The second kappa shape index (κ2) is 2.54. The Hall–Kier alpha value is -1.47. The van der Waals surface area contributed by atoms with Crippen molar-refractivity contribution < 1.29 is 13.2 Å². The van der Waals surface area contributed by atoms with Crippen molar-refractivity contribution in [2.24, 2.45) is 0 Å². The first-order valence-electron chi connectivity index (χ1n) is 2.89. The van der Waals surface area contributed by atoms with E-state index in [2.05, 4.69) is 5.10 Å². The summed E-state index contributed by atoms with van der Waals surface area (Å²) in [6, 6.07) is 0. The average molecular weight is 182 g/mol. The van der Waals surface area contributed by atoms with Crippen molar-refractivity contribution >= 4 is 0 Å². The molecule has 0 saturated heterocycles. The molecule has 0 saturated carbocycles. The highest BCUT2D eigenvalue weighted by Gasteiger charge is 2.37. The zero-order chi connectivity index (χ0) is 9.35. The molecule has 0 aliphatic carbocycles. The number of nitrogens with zero attached hydrogens (tertiary/aromatic N) is 2. The lowest BCUT2D eigenvalue weighted by molar-refractivity contribution is -0.146. The third-order valence-corrected chi connectivity index (χ3v) is 1.15. The van der Waals surface area contributed by atoms with E-state index in [1.165, 1.54) is 7.05 Å². The van der Waals surface area contributed by atoms with Gasteiger partial charge in [0.1, 0.15) is 0 Å². The molecule has 0 aromatic carbocycles. The van der Waals surface area contributed by atoms with Gasteiger partial charge in [-0.3, -0.25) is 0 Å². The van der Waals surface area contributed by atoms with Crippen LogP contribution in [-0.4, -0.2) is 21.9 Å². The van der Waals surface area contributed by atoms with Crippen molar-refractivity contribution in [3.05, 3.63) is 16.3 Å². The van der Waals surface area contributed by atoms with Crippen molar-refractivity contribution in [1.82, 2.24) is 14.9 Å². The topological polar surface area (TPSA) is 62.7 Å². The molecule has 0 bridgehead atoms. The summed E-state index contributed by atoms with van der Waals surface area (Å²) in [5.41, 5.74) is 1.09. The second-order valence-corrected chi connectivity index (χ2v) is 1.91. The Labute approximate surface area is 64.2 Å². The van der Waals surface area contributed by atoms with Crippen LogP contribution in [-0.2, 0) is 6.18 Å². The highest BCUT2D eigenvalue weighted by Crippen LogP contribution is 2.25. The fraction of sp³-hybridized carbons (Fsp3) is 0.500. The van der Waals surface area contributed by atoms with Gasteiger partial charge in [-0.2, -0.15) is 17.8 Å². The van der Waals surface area contributed by atoms with E-state index in [9.17, 15) is 18.0 Å². The number of rotatable bonds is 1. The number of alkyl halides is 3. The van der Waals surface area contributed by atoms with Gasteiger partial charge >= 0.3 is 11.9 Å². The summed E-state index contributed by atoms with van der Waals surface area (Å²) in [5, 5.41) is 4.47. The number of hydrogen-bond donors (Lipinski definition) is 2. The average Bonchev–Trinajstić information content (AvgIpc) is 2.29. The molecule has 0 aliphatic rings. The van der Waals surface area contributed by atoms with Gasteiger partial charge in [0.15, 0.2) is 0 Å². The van der Waals surface area contributed by atoms with E-state index in [0.717, 1.165) is 0 Å². The summed E-state index contributed by atoms with van der Waals surface area (Å²) in [6.07, 6.45) is -4.64. The van der Waals surface area contributed by atoms with Crippen LogP contribution in [0.1, 0.15) is 5.82 Å². The van der Waals surface area contributed by atoms with E-state index >= 15 is 0 Å². The Bertz CT molecular complexity index is 324. The molecule has 0 atom stereocenters. The molecule has 0 unspecified atom stereocenters. The Morgan fingerprint density at radius 1 is 1.58 bits per heavy atom. The number of aromatic amines is 1.